The van der Waals surface area contributed by atoms with Crippen LogP contribution >= 0.6 is 69.6 Å². The first kappa shape index (κ1) is 19.6. The van der Waals surface area contributed by atoms with Gasteiger partial charge in [0.15, 0.2) is 5.70 Å². The summed E-state index contributed by atoms with van der Waals surface area (Å²) in [6, 6.07) is 7.17. The largest absolute Gasteiger partial charge is 0.739 e. The first-order valence-electron chi connectivity index (χ1n) is 7.55. The van der Waals surface area contributed by atoms with Crippen molar-refractivity contribution in [2.24, 2.45) is 0 Å². The molecule has 0 aliphatic carbocycles. The number of aromatic nitrogens is 1. The third kappa shape index (κ3) is 2.56. The Hall–Kier alpha value is -0.685. The van der Waals surface area contributed by atoms with E-state index < -0.39 is 17.3 Å². The number of benzene rings is 1. The number of aryl methyl sites for hydroxylation is 1. The average molecular weight is 489 g/mol. The molecule has 0 fully saturated rings. The van der Waals surface area contributed by atoms with Crippen LogP contribution in [-0.2, 0) is 0 Å². The van der Waals surface area contributed by atoms with E-state index in [0.717, 1.165) is 5.56 Å². The molecule has 0 saturated carbocycles. The molecule has 0 N–H and O–H groups in total. The fourth-order valence-corrected chi connectivity index (χ4v) is 4.87. The van der Waals surface area contributed by atoms with Crippen LogP contribution in [0.25, 0.3) is 5.57 Å². The van der Waals surface area contributed by atoms with E-state index in [2.05, 4.69) is 0 Å². The lowest BCUT2D eigenvalue weighted by molar-refractivity contribution is -0.359. The monoisotopic (exact) mass is 486 g/mol. The van der Waals surface area contributed by atoms with Crippen molar-refractivity contribution in [1.29, 1.82) is 0 Å². The molecule has 2 aliphatic heterocycles. The molecule has 1 aromatic carbocycles. The Labute approximate surface area is 183 Å². The van der Waals surface area contributed by atoms with Gasteiger partial charge in [-0.05, 0) is 24.1 Å². The molecule has 0 radical (unpaired) electrons. The molecule has 0 unspecified atom stereocenters. The summed E-state index contributed by atoms with van der Waals surface area (Å²) in [5.74, 6) is 0. The molecule has 1 aromatic heterocycles. The number of allylic oxidation sites excluding steroid dienone is 2. The van der Waals surface area contributed by atoms with Crippen LogP contribution < -0.4 is 0 Å². The second kappa shape index (κ2) is 6.41. The Morgan fingerprint density at radius 2 is 1.48 bits per heavy atom. The van der Waals surface area contributed by atoms with Gasteiger partial charge in [0.2, 0.25) is 5.17 Å². The highest BCUT2D eigenvalue weighted by Gasteiger charge is 2.58. The molecule has 0 spiro atoms. The van der Waals surface area contributed by atoms with Crippen LogP contribution in [0.4, 0.5) is 8.63 Å². The Morgan fingerprint density at radius 1 is 0.889 bits per heavy atom. The van der Waals surface area contributed by atoms with Gasteiger partial charge in [0.25, 0.3) is 0 Å². The van der Waals surface area contributed by atoms with E-state index in [0.29, 0.717) is 20.1 Å². The van der Waals surface area contributed by atoms with Crippen molar-refractivity contribution >= 4 is 87.3 Å². The summed E-state index contributed by atoms with van der Waals surface area (Å²) in [4.78, 5) is 0. The van der Waals surface area contributed by atoms with E-state index in [4.69, 9.17) is 69.6 Å². The van der Waals surface area contributed by atoms with Gasteiger partial charge in [-0.2, -0.15) is 0 Å². The maximum atomic E-state index is 15.4. The molecular formula is C16H7BCl6F2N2. The number of hydrogen-bond acceptors (Lipinski definition) is 0. The van der Waals surface area contributed by atoms with Gasteiger partial charge < -0.3 is 17.6 Å². The molecule has 2 aliphatic rings. The third-order valence-corrected chi connectivity index (χ3v) is 7.10. The summed E-state index contributed by atoms with van der Waals surface area (Å²) in [7, 11) is 0. The summed E-state index contributed by atoms with van der Waals surface area (Å²) in [6.07, 6.45) is 0. The predicted molar refractivity (Wildman–Crippen MR) is 110 cm³/mol. The average Bonchev–Trinajstić information content (AvgIpc) is 2.98. The van der Waals surface area contributed by atoms with Crippen molar-refractivity contribution in [3.63, 3.8) is 0 Å². The standard InChI is InChI=1S/C16H7BCl6F2N2/c1-6-2-4-7(5-3-6)8-13-9(18)11(20)15(22)26(13)17(24,25)27-14(8)10(19)12(21)16(27)23/h2-5H,1H3. The van der Waals surface area contributed by atoms with Crippen LogP contribution in [0, 0.1) is 6.92 Å². The lowest BCUT2D eigenvalue weighted by Gasteiger charge is -2.32. The predicted octanol–water partition coefficient (Wildman–Crippen LogP) is 7.11. The van der Waals surface area contributed by atoms with Crippen molar-refractivity contribution in [3.05, 3.63) is 72.0 Å². The fraction of sp³-hybridized carbons (Fsp3) is 0.0625. The zero-order chi connectivity index (χ0) is 19.8. The van der Waals surface area contributed by atoms with Gasteiger partial charge in [0, 0.05) is 5.69 Å². The third-order valence-electron chi connectivity index (χ3n) is 4.50. The SMILES string of the molecule is Cc1ccc(C2=C3C(Cl)=C(Cl)C(Cl)=[N+]3[B-](F)(F)n3c(Cl)c(Cl)c(Cl)c32)cc1. The summed E-state index contributed by atoms with van der Waals surface area (Å²) < 4.78 is 32.0. The van der Waals surface area contributed by atoms with E-state index in [9.17, 15) is 0 Å². The molecule has 0 amide bonds. The molecule has 2 nitrogen and oxygen atoms in total. The minimum absolute atomic E-state index is 0.0410. The molecule has 2 aromatic rings. The van der Waals surface area contributed by atoms with Crippen molar-refractivity contribution < 1.29 is 13.1 Å². The Kier molecular flexibility index (Phi) is 4.66. The quantitative estimate of drug-likeness (QED) is 0.378. The van der Waals surface area contributed by atoms with Gasteiger partial charge >= 0.3 is 6.97 Å². The number of hydrogen-bond donors (Lipinski definition) is 0. The van der Waals surface area contributed by atoms with E-state index in [1.165, 1.54) is 0 Å². The molecule has 27 heavy (non-hydrogen) atoms. The molecule has 0 atom stereocenters. The fourth-order valence-electron chi connectivity index (χ4n) is 3.27. The minimum atomic E-state index is -4.54. The van der Waals surface area contributed by atoms with Crippen molar-refractivity contribution in [2.45, 2.75) is 6.92 Å². The molecule has 0 bridgehead atoms. The number of rotatable bonds is 1. The molecule has 3 heterocycles. The highest BCUT2D eigenvalue weighted by atomic mass is 35.5. The van der Waals surface area contributed by atoms with Crippen molar-refractivity contribution in [3.8, 4) is 0 Å². The van der Waals surface area contributed by atoms with E-state index in [1.807, 2.05) is 19.1 Å². The Balaban J connectivity index is 2.22. The van der Waals surface area contributed by atoms with Gasteiger partial charge in [0.05, 0.1) is 20.8 Å². The first-order valence-corrected chi connectivity index (χ1v) is 9.82. The Bertz CT molecular complexity index is 1110. The second-order valence-electron chi connectivity index (χ2n) is 6.10. The highest BCUT2D eigenvalue weighted by Crippen LogP contribution is 2.51. The second-order valence-corrected chi connectivity index (χ2v) is 8.33. The van der Waals surface area contributed by atoms with Gasteiger partial charge in [-0.25, -0.2) is 0 Å². The number of halogens is 8. The van der Waals surface area contributed by atoms with Gasteiger partial charge in [-0.15, -0.1) is 0 Å². The van der Waals surface area contributed by atoms with Gasteiger partial charge in [-0.3, -0.25) is 0 Å². The van der Waals surface area contributed by atoms with Gasteiger partial charge in [0.1, 0.15) is 10.1 Å². The first-order chi connectivity index (χ1) is 12.6. The van der Waals surface area contributed by atoms with Crippen LogP contribution in [0.3, 0.4) is 0 Å². The molecule has 4 rings (SSSR count). The Morgan fingerprint density at radius 3 is 2.07 bits per heavy atom. The number of fused-ring (bicyclic) bond motifs is 2. The molecule has 140 valence electrons. The van der Waals surface area contributed by atoms with Gasteiger partial charge in [-0.1, -0.05) is 87.8 Å². The van der Waals surface area contributed by atoms with E-state index in [1.54, 1.807) is 12.1 Å². The topological polar surface area (TPSA) is 7.94 Å². The van der Waals surface area contributed by atoms with Crippen LogP contribution in [0.15, 0.2) is 40.0 Å². The molecule has 11 heteroatoms. The minimum Gasteiger partial charge on any atom is -0.389 e. The lowest BCUT2D eigenvalue weighted by atomic mass is 9.86. The van der Waals surface area contributed by atoms with Crippen molar-refractivity contribution in [1.82, 2.24) is 4.48 Å². The van der Waals surface area contributed by atoms with Crippen LogP contribution in [0.1, 0.15) is 16.8 Å². The van der Waals surface area contributed by atoms with Crippen LogP contribution in [-0.4, -0.2) is 21.1 Å². The maximum absolute atomic E-state index is 15.4. The van der Waals surface area contributed by atoms with Crippen LogP contribution in [0.2, 0.25) is 15.2 Å². The summed E-state index contributed by atoms with van der Waals surface area (Å²) >= 11 is 37.0. The summed E-state index contributed by atoms with van der Waals surface area (Å²) in [5, 5.41) is -1.35. The normalized spacial score (nSPS) is 18.4. The summed E-state index contributed by atoms with van der Waals surface area (Å²) in [5.41, 5.74) is 1.79. The summed E-state index contributed by atoms with van der Waals surface area (Å²) in [6.45, 7) is -2.63. The smallest absolute Gasteiger partial charge is 0.389 e. The zero-order valence-electron chi connectivity index (χ0n) is 13.3. The van der Waals surface area contributed by atoms with Crippen molar-refractivity contribution in [2.75, 3.05) is 0 Å². The lowest BCUT2D eigenvalue weighted by Crippen LogP contribution is -2.50. The maximum Gasteiger partial charge on any atom is 0.739 e. The van der Waals surface area contributed by atoms with E-state index >= 15 is 8.63 Å². The van der Waals surface area contributed by atoms with E-state index in [-0.39, 0.29) is 31.5 Å². The number of nitrogens with zero attached hydrogens (tertiary/aromatic N) is 2. The zero-order valence-corrected chi connectivity index (χ0v) is 17.8. The molecule has 0 saturated heterocycles. The highest BCUT2D eigenvalue weighted by molar-refractivity contribution is 6.78. The van der Waals surface area contributed by atoms with Crippen LogP contribution in [0.5, 0.6) is 0 Å². The molecular weight excluding hydrogens is 482 g/mol.